The van der Waals surface area contributed by atoms with Gasteiger partial charge in [0.25, 0.3) is 0 Å². The molecule has 1 unspecified atom stereocenters. The summed E-state index contributed by atoms with van der Waals surface area (Å²) in [6.07, 6.45) is 5.83. The van der Waals surface area contributed by atoms with Gasteiger partial charge in [-0.3, -0.25) is 14.5 Å². The molecule has 2 heterocycles. The Hall–Kier alpha value is -1.14. The third-order valence-electron chi connectivity index (χ3n) is 5.62. The number of likely N-dealkylation sites (tertiary alicyclic amines) is 1. The van der Waals surface area contributed by atoms with E-state index in [1.165, 1.54) is 0 Å². The summed E-state index contributed by atoms with van der Waals surface area (Å²) in [5.41, 5.74) is 0. The molecule has 6 heteroatoms. The first-order valence-electron chi connectivity index (χ1n) is 10.0. The maximum Gasteiger partial charge on any atom is 0.239 e. The highest BCUT2D eigenvalue weighted by atomic mass is 16.5. The van der Waals surface area contributed by atoms with Crippen molar-refractivity contribution in [2.45, 2.75) is 58.4 Å². The smallest absolute Gasteiger partial charge is 0.239 e. The van der Waals surface area contributed by atoms with Gasteiger partial charge in [-0.25, -0.2) is 0 Å². The lowest BCUT2D eigenvalue weighted by Crippen LogP contribution is -2.53. The van der Waals surface area contributed by atoms with Crippen LogP contribution in [0.15, 0.2) is 0 Å². The minimum atomic E-state index is -0.0283. The molecule has 2 aliphatic heterocycles. The van der Waals surface area contributed by atoms with Gasteiger partial charge in [-0.1, -0.05) is 33.1 Å². The summed E-state index contributed by atoms with van der Waals surface area (Å²) >= 11 is 0. The van der Waals surface area contributed by atoms with Crippen molar-refractivity contribution >= 4 is 11.8 Å². The van der Waals surface area contributed by atoms with E-state index >= 15 is 0 Å². The lowest BCUT2D eigenvalue weighted by molar-refractivity contribution is -0.135. The molecule has 6 nitrogen and oxygen atoms in total. The summed E-state index contributed by atoms with van der Waals surface area (Å²) in [4.78, 5) is 28.6. The number of carbonyl (C=O) groups excluding carboxylic acids is 2. The monoisotopic (exact) mass is 353 g/mol. The van der Waals surface area contributed by atoms with E-state index in [0.29, 0.717) is 31.5 Å². The summed E-state index contributed by atoms with van der Waals surface area (Å²) in [5, 5.41) is 3.10. The second-order valence-corrected chi connectivity index (χ2v) is 7.22. The van der Waals surface area contributed by atoms with Gasteiger partial charge in [-0.05, 0) is 18.8 Å². The van der Waals surface area contributed by atoms with Gasteiger partial charge in [0.15, 0.2) is 0 Å². The number of ether oxygens (including phenoxy) is 1. The molecule has 0 aromatic heterocycles. The van der Waals surface area contributed by atoms with Crippen LogP contribution in [0.4, 0.5) is 0 Å². The van der Waals surface area contributed by atoms with Gasteiger partial charge in [0.1, 0.15) is 0 Å². The molecule has 0 saturated carbocycles. The van der Waals surface area contributed by atoms with Crippen LogP contribution in [0.1, 0.15) is 52.4 Å². The first-order chi connectivity index (χ1) is 12.2. The number of morpholine rings is 1. The van der Waals surface area contributed by atoms with Gasteiger partial charge in [0.05, 0.1) is 19.8 Å². The molecule has 2 fully saturated rings. The lowest BCUT2D eigenvalue weighted by atomic mass is 9.92. The highest BCUT2D eigenvalue weighted by molar-refractivity contribution is 5.84. The molecule has 144 valence electrons. The second-order valence-electron chi connectivity index (χ2n) is 7.22. The van der Waals surface area contributed by atoms with Crippen molar-refractivity contribution in [2.75, 3.05) is 45.9 Å². The first-order valence-corrected chi connectivity index (χ1v) is 10.0. The van der Waals surface area contributed by atoms with E-state index in [2.05, 4.69) is 24.1 Å². The van der Waals surface area contributed by atoms with E-state index in [9.17, 15) is 9.59 Å². The Labute approximate surface area is 152 Å². The summed E-state index contributed by atoms with van der Waals surface area (Å²) in [5.74, 6) is 0.662. The molecule has 25 heavy (non-hydrogen) atoms. The van der Waals surface area contributed by atoms with Crippen LogP contribution in [0.2, 0.25) is 0 Å². The fourth-order valence-corrected chi connectivity index (χ4v) is 3.99. The Morgan fingerprint density at radius 1 is 1.12 bits per heavy atom. The quantitative estimate of drug-likeness (QED) is 0.721. The minimum Gasteiger partial charge on any atom is -0.379 e. The standard InChI is InChI=1S/C19H35N3O3/c1-3-16(4-2)17(21-10-12-25-13-11-21)14-20-18(23)15-22-9-7-5-6-8-19(22)24/h16-17H,3-15H2,1-2H3,(H,20,23). The normalized spacial score (nSPS) is 21.2. The molecule has 0 aromatic carbocycles. The zero-order valence-corrected chi connectivity index (χ0v) is 16.0. The van der Waals surface area contributed by atoms with Gasteiger partial charge in [-0.2, -0.15) is 0 Å². The molecule has 1 N–H and O–H groups in total. The average molecular weight is 354 g/mol. The van der Waals surface area contributed by atoms with Crippen LogP contribution in [0.25, 0.3) is 0 Å². The number of carbonyl (C=O) groups is 2. The average Bonchev–Trinajstić information content (AvgIpc) is 2.84. The number of hydrogen-bond acceptors (Lipinski definition) is 4. The molecule has 2 amide bonds. The molecule has 2 saturated heterocycles. The van der Waals surface area contributed by atoms with E-state index in [1.807, 2.05) is 0 Å². The molecule has 2 aliphatic rings. The van der Waals surface area contributed by atoms with Gasteiger partial charge < -0.3 is 15.0 Å². The van der Waals surface area contributed by atoms with Gasteiger partial charge >= 0.3 is 0 Å². The molecule has 0 aliphatic carbocycles. The molecular formula is C19H35N3O3. The van der Waals surface area contributed by atoms with Crippen molar-refractivity contribution in [2.24, 2.45) is 5.92 Å². The predicted octanol–water partition coefficient (Wildman–Crippen LogP) is 1.64. The fraction of sp³-hybridized carbons (Fsp3) is 0.895. The SMILES string of the molecule is CCC(CC)C(CNC(=O)CN1CCCCCC1=O)N1CCOCC1. The van der Waals surface area contributed by atoms with Crippen molar-refractivity contribution in [3.63, 3.8) is 0 Å². The van der Waals surface area contributed by atoms with Gasteiger partial charge in [-0.15, -0.1) is 0 Å². The van der Waals surface area contributed by atoms with Crippen LogP contribution < -0.4 is 5.32 Å². The molecule has 2 rings (SSSR count). The van der Waals surface area contributed by atoms with Crippen molar-refractivity contribution < 1.29 is 14.3 Å². The van der Waals surface area contributed by atoms with Crippen molar-refractivity contribution in [3.8, 4) is 0 Å². The van der Waals surface area contributed by atoms with Crippen molar-refractivity contribution in [1.82, 2.24) is 15.1 Å². The van der Waals surface area contributed by atoms with E-state index in [4.69, 9.17) is 4.74 Å². The Bertz CT molecular complexity index is 420. The third-order valence-corrected chi connectivity index (χ3v) is 5.62. The molecule has 0 aromatic rings. The summed E-state index contributed by atoms with van der Waals surface area (Å²) in [6.45, 7) is 9.43. The maximum absolute atomic E-state index is 12.4. The Balaban J connectivity index is 1.87. The Morgan fingerprint density at radius 3 is 2.52 bits per heavy atom. The lowest BCUT2D eigenvalue weighted by Gasteiger charge is -2.39. The zero-order chi connectivity index (χ0) is 18.1. The van der Waals surface area contributed by atoms with Gasteiger partial charge in [0, 0.05) is 38.6 Å². The molecule has 0 spiro atoms. The number of nitrogens with one attached hydrogen (secondary N) is 1. The van der Waals surface area contributed by atoms with Crippen LogP contribution in [-0.4, -0.2) is 73.6 Å². The van der Waals surface area contributed by atoms with E-state index in [1.54, 1.807) is 4.90 Å². The highest BCUT2D eigenvalue weighted by Crippen LogP contribution is 2.19. The number of nitrogens with zero attached hydrogens (tertiary/aromatic N) is 2. The van der Waals surface area contributed by atoms with Crippen molar-refractivity contribution in [3.05, 3.63) is 0 Å². The maximum atomic E-state index is 12.4. The number of rotatable bonds is 8. The van der Waals surface area contributed by atoms with E-state index < -0.39 is 0 Å². The second kappa shape index (κ2) is 10.8. The van der Waals surface area contributed by atoms with Crippen LogP contribution in [0, 0.1) is 5.92 Å². The molecule has 1 atom stereocenters. The minimum absolute atomic E-state index is 0.0283. The first kappa shape index (κ1) is 20.2. The number of amides is 2. The van der Waals surface area contributed by atoms with Crippen LogP contribution >= 0.6 is 0 Å². The summed E-state index contributed by atoms with van der Waals surface area (Å²) in [7, 11) is 0. The largest absolute Gasteiger partial charge is 0.379 e. The Kier molecular flexibility index (Phi) is 8.68. The predicted molar refractivity (Wildman–Crippen MR) is 98.3 cm³/mol. The summed E-state index contributed by atoms with van der Waals surface area (Å²) < 4.78 is 5.47. The molecule has 0 radical (unpaired) electrons. The van der Waals surface area contributed by atoms with E-state index in [-0.39, 0.29) is 18.4 Å². The van der Waals surface area contributed by atoms with Crippen LogP contribution in [-0.2, 0) is 14.3 Å². The summed E-state index contributed by atoms with van der Waals surface area (Å²) in [6, 6.07) is 0.350. The third kappa shape index (κ3) is 6.26. The molecule has 0 bridgehead atoms. The Morgan fingerprint density at radius 2 is 1.84 bits per heavy atom. The fourth-order valence-electron chi connectivity index (χ4n) is 3.99. The van der Waals surface area contributed by atoms with Gasteiger partial charge in [0.2, 0.25) is 11.8 Å². The van der Waals surface area contributed by atoms with E-state index in [0.717, 1.165) is 58.4 Å². The zero-order valence-electron chi connectivity index (χ0n) is 16.0. The number of hydrogen-bond donors (Lipinski definition) is 1. The molecular weight excluding hydrogens is 318 g/mol. The topological polar surface area (TPSA) is 61.9 Å². The van der Waals surface area contributed by atoms with Crippen LogP contribution in [0.3, 0.4) is 0 Å². The highest BCUT2D eigenvalue weighted by Gasteiger charge is 2.27. The van der Waals surface area contributed by atoms with Crippen LogP contribution in [0.5, 0.6) is 0 Å². The van der Waals surface area contributed by atoms with Crippen molar-refractivity contribution in [1.29, 1.82) is 0 Å².